The van der Waals surface area contributed by atoms with E-state index in [1.54, 1.807) is 11.4 Å². The summed E-state index contributed by atoms with van der Waals surface area (Å²) in [7, 11) is 0.421. The van der Waals surface area contributed by atoms with Crippen molar-refractivity contribution in [2.75, 3.05) is 46.2 Å². The van der Waals surface area contributed by atoms with Crippen LogP contribution >= 0.6 is 12.4 Å². The van der Waals surface area contributed by atoms with Crippen LogP contribution in [0.3, 0.4) is 0 Å². The van der Waals surface area contributed by atoms with Gasteiger partial charge in [0, 0.05) is 26.8 Å². The number of hydrogen-bond acceptors (Lipinski definition) is 4. The van der Waals surface area contributed by atoms with Crippen LogP contribution in [0, 0.1) is 5.92 Å². The summed E-state index contributed by atoms with van der Waals surface area (Å²) in [6.07, 6.45) is 2.66. The summed E-state index contributed by atoms with van der Waals surface area (Å²) in [4.78, 5) is 0. The molecule has 1 heterocycles. The highest BCUT2D eigenvalue weighted by Crippen LogP contribution is 2.19. The fourth-order valence-electron chi connectivity index (χ4n) is 2.25. The molecule has 1 aliphatic rings. The maximum atomic E-state index is 12.1. The molecule has 0 bridgehead atoms. The second-order valence-electron chi connectivity index (χ2n) is 4.59. The van der Waals surface area contributed by atoms with Gasteiger partial charge in [0.1, 0.15) is 0 Å². The number of piperidine rings is 1. The van der Waals surface area contributed by atoms with Gasteiger partial charge in [-0.25, -0.2) is 12.7 Å². The number of sulfonamides is 1. The van der Waals surface area contributed by atoms with Crippen LogP contribution in [0.15, 0.2) is 0 Å². The summed E-state index contributed by atoms with van der Waals surface area (Å²) in [5.41, 5.74) is 0. The van der Waals surface area contributed by atoms with E-state index in [2.05, 4.69) is 5.32 Å². The van der Waals surface area contributed by atoms with Gasteiger partial charge in [0.05, 0.1) is 5.75 Å². The van der Waals surface area contributed by atoms with Crippen molar-refractivity contribution in [2.45, 2.75) is 19.3 Å². The molecule has 0 radical (unpaired) electrons. The van der Waals surface area contributed by atoms with Gasteiger partial charge in [-0.2, -0.15) is 0 Å². The van der Waals surface area contributed by atoms with Gasteiger partial charge < -0.3 is 10.1 Å². The number of rotatable bonds is 7. The van der Waals surface area contributed by atoms with E-state index in [9.17, 15) is 8.42 Å². The molecule has 0 aromatic rings. The van der Waals surface area contributed by atoms with Crippen LogP contribution < -0.4 is 5.32 Å². The third-order valence-corrected chi connectivity index (χ3v) is 5.04. The van der Waals surface area contributed by atoms with Crippen LogP contribution in [0.4, 0.5) is 0 Å². The number of halogens is 1. The molecule has 1 saturated heterocycles. The van der Waals surface area contributed by atoms with Gasteiger partial charge >= 0.3 is 0 Å². The van der Waals surface area contributed by atoms with Crippen molar-refractivity contribution in [2.24, 2.45) is 5.92 Å². The van der Waals surface area contributed by atoms with E-state index < -0.39 is 10.0 Å². The van der Waals surface area contributed by atoms with E-state index >= 15 is 0 Å². The summed E-state index contributed by atoms with van der Waals surface area (Å²) in [5.74, 6) is 0.651. The molecule has 0 aliphatic carbocycles. The van der Waals surface area contributed by atoms with Crippen LogP contribution in [0.5, 0.6) is 0 Å². The average molecular weight is 301 g/mol. The molecule has 0 aromatic carbocycles. The maximum absolute atomic E-state index is 12.1. The van der Waals surface area contributed by atoms with Gasteiger partial charge in [0.2, 0.25) is 10.0 Å². The lowest BCUT2D eigenvalue weighted by atomic mass is 10.00. The number of methoxy groups -OCH3 is 1. The van der Waals surface area contributed by atoms with Crippen LogP contribution in [0.25, 0.3) is 0 Å². The Balaban J connectivity index is 0.00000289. The molecular formula is C11H25ClN2O3S. The van der Waals surface area contributed by atoms with Crippen molar-refractivity contribution in [1.29, 1.82) is 0 Å². The lowest BCUT2D eigenvalue weighted by Gasteiger charge is -2.31. The normalized spacial score (nSPS) is 21.6. The Morgan fingerprint density at radius 3 is 2.78 bits per heavy atom. The molecule has 0 aromatic heterocycles. The molecule has 1 atom stereocenters. The predicted molar refractivity (Wildman–Crippen MR) is 75.8 cm³/mol. The molecule has 1 fully saturated rings. The van der Waals surface area contributed by atoms with E-state index in [0.717, 1.165) is 19.4 Å². The van der Waals surface area contributed by atoms with Gasteiger partial charge in [-0.05, 0) is 38.8 Å². The first-order valence-electron chi connectivity index (χ1n) is 6.21. The summed E-state index contributed by atoms with van der Waals surface area (Å²) in [5, 5.41) is 3.12. The van der Waals surface area contributed by atoms with Crippen LogP contribution in [-0.2, 0) is 14.8 Å². The lowest BCUT2D eigenvalue weighted by molar-refractivity contribution is 0.198. The van der Waals surface area contributed by atoms with Crippen molar-refractivity contribution in [3.8, 4) is 0 Å². The van der Waals surface area contributed by atoms with E-state index in [0.29, 0.717) is 32.0 Å². The summed E-state index contributed by atoms with van der Waals surface area (Å²) in [6.45, 7) is 2.74. The first kappa shape index (κ1) is 18.1. The Morgan fingerprint density at radius 2 is 2.17 bits per heavy atom. The van der Waals surface area contributed by atoms with Crippen LogP contribution in [-0.4, -0.2) is 58.9 Å². The molecule has 0 saturated carbocycles. The van der Waals surface area contributed by atoms with Crippen molar-refractivity contribution >= 4 is 22.4 Å². The van der Waals surface area contributed by atoms with E-state index in [1.165, 1.54) is 0 Å². The molecule has 1 rings (SSSR count). The molecule has 5 nitrogen and oxygen atoms in total. The first-order chi connectivity index (χ1) is 8.10. The lowest BCUT2D eigenvalue weighted by Crippen LogP contribution is -2.43. The Kier molecular flexibility index (Phi) is 9.15. The third kappa shape index (κ3) is 5.84. The smallest absolute Gasteiger partial charge is 0.214 e. The summed E-state index contributed by atoms with van der Waals surface area (Å²) in [6, 6.07) is 0. The SMILES string of the molecule is CNCC1CCCN(S(=O)(=O)CCCOC)C1.Cl. The fraction of sp³-hybridized carbons (Fsp3) is 1.00. The highest BCUT2D eigenvalue weighted by atomic mass is 35.5. The molecule has 18 heavy (non-hydrogen) atoms. The topological polar surface area (TPSA) is 58.6 Å². The minimum Gasteiger partial charge on any atom is -0.385 e. The van der Waals surface area contributed by atoms with Crippen LogP contribution in [0.2, 0.25) is 0 Å². The highest BCUT2D eigenvalue weighted by Gasteiger charge is 2.27. The van der Waals surface area contributed by atoms with E-state index in [1.807, 2.05) is 7.05 Å². The van der Waals surface area contributed by atoms with Crippen molar-refractivity contribution < 1.29 is 13.2 Å². The van der Waals surface area contributed by atoms with Gasteiger partial charge in [-0.1, -0.05) is 0 Å². The maximum Gasteiger partial charge on any atom is 0.214 e. The summed E-state index contributed by atoms with van der Waals surface area (Å²) < 4.78 is 30.7. The molecule has 1 aliphatic heterocycles. The Hall–Kier alpha value is 0.120. The summed E-state index contributed by atoms with van der Waals surface area (Å²) >= 11 is 0. The Bertz CT molecular complexity index is 309. The minimum atomic E-state index is -3.08. The van der Waals surface area contributed by atoms with Crippen molar-refractivity contribution in [3.63, 3.8) is 0 Å². The third-order valence-electron chi connectivity index (χ3n) is 3.12. The minimum absolute atomic E-state index is 0. The number of hydrogen-bond donors (Lipinski definition) is 1. The highest BCUT2D eigenvalue weighted by molar-refractivity contribution is 7.89. The van der Waals surface area contributed by atoms with Gasteiger partial charge in [-0.15, -0.1) is 12.4 Å². The molecule has 0 spiro atoms. The molecule has 1 N–H and O–H groups in total. The van der Waals surface area contributed by atoms with Crippen molar-refractivity contribution in [3.05, 3.63) is 0 Å². The molecule has 110 valence electrons. The number of ether oxygens (including phenoxy) is 1. The standard InChI is InChI=1S/C11H24N2O3S.ClH/c1-12-9-11-5-3-6-13(10-11)17(14,15)8-4-7-16-2;/h11-12H,3-10H2,1-2H3;1H. The molecular weight excluding hydrogens is 276 g/mol. The van der Waals surface area contributed by atoms with Crippen LogP contribution in [0.1, 0.15) is 19.3 Å². The quantitative estimate of drug-likeness (QED) is 0.704. The number of nitrogens with zero attached hydrogens (tertiary/aromatic N) is 1. The van der Waals surface area contributed by atoms with E-state index in [-0.39, 0.29) is 18.2 Å². The van der Waals surface area contributed by atoms with Gasteiger partial charge in [0.15, 0.2) is 0 Å². The first-order valence-corrected chi connectivity index (χ1v) is 7.82. The second kappa shape index (κ2) is 9.09. The monoisotopic (exact) mass is 300 g/mol. The zero-order valence-electron chi connectivity index (χ0n) is 11.2. The second-order valence-corrected chi connectivity index (χ2v) is 6.67. The van der Waals surface area contributed by atoms with E-state index in [4.69, 9.17) is 4.74 Å². The molecule has 7 heteroatoms. The fourth-order valence-corrected chi connectivity index (χ4v) is 3.84. The molecule has 0 amide bonds. The zero-order chi connectivity index (χ0) is 12.7. The Morgan fingerprint density at radius 1 is 1.44 bits per heavy atom. The zero-order valence-corrected chi connectivity index (χ0v) is 12.9. The predicted octanol–water partition coefficient (Wildman–Crippen LogP) is 0.706. The van der Waals surface area contributed by atoms with Gasteiger partial charge in [0.25, 0.3) is 0 Å². The number of nitrogens with one attached hydrogen (secondary N) is 1. The Labute approximate surface area is 117 Å². The van der Waals surface area contributed by atoms with Gasteiger partial charge in [-0.3, -0.25) is 0 Å². The average Bonchev–Trinajstić information content (AvgIpc) is 2.30. The largest absolute Gasteiger partial charge is 0.385 e. The molecule has 1 unspecified atom stereocenters. The van der Waals surface area contributed by atoms with Crippen molar-refractivity contribution in [1.82, 2.24) is 9.62 Å².